The zero-order valence-corrected chi connectivity index (χ0v) is 21.2. The third-order valence-corrected chi connectivity index (χ3v) is 6.27. The van der Waals surface area contributed by atoms with Gasteiger partial charge in [-0.2, -0.15) is 0 Å². The van der Waals surface area contributed by atoms with E-state index >= 15 is 0 Å². The lowest BCUT2D eigenvalue weighted by molar-refractivity contribution is -0.122. The number of hydrogen-bond acceptors (Lipinski definition) is 5. The lowest BCUT2D eigenvalue weighted by Crippen LogP contribution is -2.50. The molecule has 0 heterocycles. The summed E-state index contributed by atoms with van der Waals surface area (Å²) >= 11 is 0. The Morgan fingerprint density at radius 3 is 2.21 bits per heavy atom. The summed E-state index contributed by atoms with van der Waals surface area (Å²) in [5, 5.41) is 2.82. The minimum absolute atomic E-state index is 0.0686. The summed E-state index contributed by atoms with van der Waals surface area (Å²) < 4.78 is 37.7. The summed E-state index contributed by atoms with van der Waals surface area (Å²) in [4.78, 5) is 12.9. The Labute approximate surface area is 198 Å². The molecular formula is C25H36N2O5S. The van der Waals surface area contributed by atoms with Gasteiger partial charge in [-0.05, 0) is 54.7 Å². The van der Waals surface area contributed by atoms with Gasteiger partial charge >= 0.3 is 0 Å². The number of rotatable bonds is 11. The molecule has 0 aliphatic heterocycles. The van der Waals surface area contributed by atoms with Crippen molar-refractivity contribution in [1.29, 1.82) is 0 Å². The van der Waals surface area contributed by atoms with Gasteiger partial charge in [-0.25, -0.2) is 8.42 Å². The molecule has 0 spiro atoms. The maximum absolute atomic E-state index is 12.9. The molecule has 0 fully saturated rings. The summed E-state index contributed by atoms with van der Waals surface area (Å²) in [5.74, 6) is 1.04. The molecule has 0 aromatic heterocycles. The second kappa shape index (κ2) is 11.4. The quantitative estimate of drug-likeness (QED) is 0.493. The highest BCUT2D eigenvalue weighted by atomic mass is 32.2. The van der Waals surface area contributed by atoms with Gasteiger partial charge in [0.05, 0.1) is 25.1 Å². The van der Waals surface area contributed by atoms with Crippen molar-refractivity contribution in [2.24, 2.45) is 0 Å². The molecule has 1 atom stereocenters. The van der Waals surface area contributed by atoms with Crippen LogP contribution in [0.1, 0.15) is 46.6 Å². The van der Waals surface area contributed by atoms with Gasteiger partial charge in [-0.15, -0.1) is 0 Å². The van der Waals surface area contributed by atoms with Gasteiger partial charge in [0.1, 0.15) is 24.1 Å². The maximum Gasteiger partial charge on any atom is 0.244 e. The Morgan fingerprint density at radius 2 is 1.67 bits per heavy atom. The van der Waals surface area contributed by atoms with Gasteiger partial charge in [0.15, 0.2) is 0 Å². The molecule has 2 aromatic rings. The number of para-hydroxylation sites is 1. The Balaban J connectivity index is 2.08. The molecule has 1 unspecified atom stereocenters. The zero-order valence-electron chi connectivity index (χ0n) is 20.4. The van der Waals surface area contributed by atoms with E-state index in [0.29, 0.717) is 24.5 Å². The van der Waals surface area contributed by atoms with Crippen LogP contribution in [-0.4, -0.2) is 46.4 Å². The molecular weight excluding hydrogens is 440 g/mol. The van der Waals surface area contributed by atoms with Gasteiger partial charge in [-0.3, -0.25) is 9.10 Å². The number of ether oxygens (including phenoxy) is 2. The molecule has 33 heavy (non-hydrogen) atoms. The van der Waals surface area contributed by atoms with E-state index in [4.69, 9.17) is 9.47 Å². The van der Waals surface area contributed by atoms with E-state index in [1.54, 1.807) is 31.2 Å². The number of nitrogens with zero attached hydrogens (tertiary/aromatic N) is 1. The largest absolute Gasteiger partial charge is 0.494 e. The molecule has 0 aliphatic carbocycles. The highest BCUT2D eigenvalue weighted by molar-refractivity contribution is 7.92. The predicted molar refractivity (Wildman–Crippen MR) is 133 cm³/mol. The van der Waals surface area contributed by atoms with Crippen molar-refractivity contribution in [2.45, 2.75) is 52.5 Å². The first-order valence-corrected chi connectivity index (χ1v) is 13.1. The molecule has 7 nitrogen and oxygen atoms in total. The molecule has 1 amide bonds. The Morgan fingerprint density at radius 1 is 1.03 bits per heavy atom. The number of nitrogens with one attached hydrogen (secondary N) is 1. The normalized spacial score (nSPS) is 12.7. The smallest absolute Gasteiger partial charge is 0.244 e. The maximum atomic E-state index is 12.9. The van der Waals surface area contributed by atoms with Gasteiger partial charge < -0.3 is 14.8 Å². The van der Waals surface area contributed by atoms with Gasteiger partial charge in [0.25, 0.3) is 0 Å². The first-order chi connectivity index (χ1) is 15.5. The average Bonchev–Trinajstić information content (AvgIpc) is 2.74. The Kier molecular flexibility index (Phi) is 9.16. The molecule has 0 bridgehead atoms. The van der Waals surface area contributed by atoms with E-state index in [1.165, 1.54) is 0 Å². The molecule has 2 aromatic carbocycles. The number of benzene rings is 2. The topological polar surface area (TPSA) is 84.9 Å². The van der Waals surface area contributed by atoms with Crippen molar-refractivity contribution in [3.05, 3.63) is 54.1 Å². The van der Waals surface area contributed by atoms with Crippen LogP contribution in [0.3, 0.4) is 0 Å². The molecule has 2 rings (SSSR count). The second-order valence-corrected chi connectivity index (χ2v) is 10.7. The summed E-state index contributed by atoms with van der Waals surface area (Å²) in [5.41, 5.74) is 1.43. The van der Waals surface area contributed by atoms with Crippen molar-refractivity contribution in [3.63, 3.8) is 0 Å². The molecule has 1 N–H and O–H groups in total. The van der Waals surface area contributed by atoms with Crippen LogP contribution in [0.5, 0.6) is 11.5 Å². The van der Waals surface area contributed by atoms with Crippen LogP contribution in [0.2, 0.25) is 0 Å². The van der Waals surface area contributed by atoms with E-state index in [9.17, 15) is 13.2 Å². The van der Waals surface area contributed by atoms with Crippen LogP contribution in [0, 0.1) is 0 Å². The summed E-state index contributed by atoms with van der Waals surface area (Å²) in [6.45, 7) is 11.0. The van der Waals surface area contributed by atoms with Crippen LogP contribution in [0.25, 0.3) is 0 Å². The monoisotopic (exact) mass is 476 g/mol. The standard InChI is InChI=1S/C25H36N2O5S/c1-7-22(27(33(6,29)30)19-13-15-20(16-14-19)31-8-2)24(28)26-17-18-32-23-12-10-9-11-21(23)25(3,4)5/h9-16,22H,7-8,17-18H2,1-6H3,(H,26,28). The Hall–Kier alpha value is -2.74. The van der Waals surface area contributed by atoms with E-state index in [-0.39, 0.29) is 24.5 Å². The minimum Gasteiger partial charge on any atom is -0.494 e. The lowest BCUT2D eigenvalue weighted by atomic mass is 9.86. The number of sulfonamides is 1. The fourth-order valence-corrected chi connectivity index (χ4v) is 4.79. The molecule has 8 heteroatoms. The first-order valence-electron chi connectivity index (χ1n) is 11.2. The molecule has 0 saturated heterocycles. The van der Waals surface area contributed by atoms with Gasteiger partial charge in [0.2, 0.25) is 15.9 Å². The second-order valence-electron chi connectivity index (χ2n) is 8.80. The van der Waals surface area contributed by atoms with Gasteiger partial charge in [0, 0.05) is 0 Å². The Bertz CT molecular complexity index is 1010. The van der Waals surface area contributed by atoms with E-state index in [1.807, 2.05) is 31.2 Å². The highest BCUT2D eigenvalue weighted by Gasteiger charge is 2.31. The van der Waals surface area contributed by atoms with Crippen molar-refractivity contribution < 1.29 is 22.7 Å². The third-order valence-electron chi connectivity index (χ3n) is 5.09. The number of carbonyl (C=O) groups is 1. The van der Waals surface area contributed by atoms with Crippen LogP contribution >= 0.6 is 0 Å². The third kappa shape index (κ3) is 7.39. The molecule has 182 valence electrons. The van der Waals surface area contributed by atoms with Crippen LogP contribution in [0.15, 0.2) is 48.5 Å². The van der Waals surface area contributed by atoms with E-state index in [2.05, 4.69) is 26.1 Å². The molecule has 0 saturated carbocycles. The molecule has 0 aliphatic rings. The number of amides is 1. The average molecular weight is 477 g/mol. The van der Waals surface area contributed by atoms with E-state index in [0.717, 1.165) is 21.9 Å². The van der Waals surface area contributed by atoms with E-state index < -0.39 is 16.1 Å². The predicted octanol–water partition coefficient (Wildman–Crippen LogP) is 4.12. The lowest BCUT2D eigenvalue weighted by Gasteiger charge is -2.30. The van der Waals surface area contributed by atoms with Crippen molar-refractivity contribution in [2.75, 3.05) is 30.3 Å². The van der Waals surface area contributed by atoms with Crippen molar-refractivity contribution in [3.8, 4) is 11.5 Å². The SMILES string of the molecule is CCOc1ccc(N(C(CC)C(=O)NCCOc2ccccc2C(C)(C)C)S(C)(=O)=O)cc1. The number of hydrogen-bond donors (Lipinski definition) is 1. The first kappa shape index (κ1) is 26.5. The van der Waals surface area contributed by atoms with Crippen LogP contribution in [-0.2, 0) is 20.2 Å². The highest BCUT2D eigenvalue weighted by Crippen LogP contribution is 2.31. The fraction of sp³-hybridized carbons (Fsp3) is 0.480. The zero-order chi connectivity index (χ0) is 24.6. The number of carbonyl (C=O) groups excluding carboxylic acids is 1. The summed E-state index contributed by atoms with van der Waals surface area (Å²) in [7, 11) is -3.69. The van der Waals surface area contributed by atoms with Gasteiger partial charge in [-0.1, -0.05) is 45.9 Å². The minimum atomic E-state index is -3.69. The van der Waals surface area contributed by atoms with Crippen LogP contribution < -0.4 is 19.1 Å². The van der Waals surface area contributed by atoms with Crippen LogP contribution in [0.4, 0.5) is 5.69 Å². The molecule has 0 radical (unpaired) electrons. The summed E-state index contributed by atoms with van der Waals surface area (Å²) in [6.07, 6.45) is 1.42. The number of anilines is 1. The fourth-order valence-electron chi connectivity index (χ4n) is 3.58. The van der Waals surface area contributed by atoms with Crippen molar-refractivity contribution >= 4 is 21.6 Å². The van der Waals surface area contributed by atoms with Crippen molar-refractivity contribution in [1.82, 2.24) is 5.32 Å². The summed E-state index contributed by atoms with van der Waals surface area (Å²) in [6, 6.07) is 13.6.